The van der Waals surface area contributed by atoms with E-state index in [-0.39, 0.29) is 6.61 Å². The third kappa shape index (κ3) is 3.51. The number of aliphatic hydroxyl groups is 1. The van der Waals surface area contributed by atoms with Crippen LogP contribution in [0.15, 0.2) is 66.0 Å². The first kappa shape index (κ1) is 13.9. The summed E-state index contributed by atoms with van der Waals surface area (Å²) in [6.07, 6.45) is 0. The zero-order valence-electron chi connectivity index (χ0n) is 11.6. The number of hydrogen-bond acceptors (Lipinski definition) is 3. The van der Waals surface area contributed by atoms with Gasteiger partial charge in [-0.15, -0.1) is 11.3 Å². The fourth-order valence-electron chi connectivity index (χ4n) is 2.22. The highest BCUT2D eigenvalue weighted by Gasteiger charge is 2.02. The minimum atomic E-state index is 0.0761. The average molecular weight is 295 g/mol. The van der Waals surface area contributed by atoms with E-state index < -0.39 is 0 Å². The van der Waals surface area contributed by atoms with Gasteiger partial charge < -0.3 is 10.4 Å². The Bertz CT molecular complexity index is 706. The summed E-state index contributed by atoms with van der Waals surface area (Å²) < 4.78 is 0. The Hall–Kier alpha value is -2.10. The maximum absolute atomic E-state index is 9.15. The van der Waals surface area contributed by atoms with E-state index in [0.29, 0.717) is 0 Å². The molecule has 106 valence electrons. The average Bonchev–Trinajstić information content (AvgIpc) is 3.03. The van der Waals surface area contributed by atoms with Crippen molar-refractivity contribution >= 4 is 17.0 Å². The topological polar surface area (TPSA) is 32.3 Å². The van der Waals surface area contributed by atoms with Gasteiger partial charge in [-0.25, -0.2) is 0 Å². The Morgan fingerprint density at radius 1 is 0.905 bits per heavy atom. The molecular weight excluding hydrogens is 278 g/mol. The van der Waals surface area contributed by atoms with Crippen LogP contribution in [-0.2, 0) is 13.2 Å². The van der Waals surface area contributed by atoms with Gasteiger partial charge in [0.05, 0.1) is 6.61 Å². The standard InChI is InChI=1S/C18H17NOS/c20-12-14-5-4-8-17(9-14)19-11-18-10-16(13-21-18)15-6-2-1-3-7-15/h1-10,13,19-20H,11-12H2. The van der Waals surface area contributed by atoms with Crippen molar-refractivity contribution in [3.8, 4) is 11.1 Å². The lowest BCUT2D eigenvalue weighted by molar-refractivity contribution is 0.282. The van der Waals surface area contributed by atoms with Crippen molar-refractivity contribution in [1.29, 1.82) is 0 Å². The summed E-state index contributed by atoms with van der Waals surface area (Å²) >= 11 is 1.76. The maximum Gasteiger partial charge on any atom is 0.0682 e. The molecule has 3 aromatic rings. The van der Waals surface area contributed by atoms with Gasteiger partial charge in [0.15, 0.2) is 0 Å². The predicted octanol–water partition coefficient (Wildman–Crippen LogP) is 4.52. The van der Waals surface area contributed by atoms with Crippen LogP contribution in [0, 0.1) is 0 Å². The zero-order valence-corrected chi connectivity index (χ0v) is 12.4. The van der Waals surface area contributed by atoms with Gasteiger partial charge in [0.2, 0.25) is 0 Å². The fraction of sp³-hybridized carbons (Fsp3) is 0.111. The molecule has 0 aliphatic heterocycles. The van der Waals surface area contributed by atoms with E-state index in [4.69, 9.17) is 5.11 Å². The van der Waals surface area contributed by atoms with Gasteiger partial charge >= 0.3 is 0 Å². The molecule has 0 saturated carbocycles. The summed E-state index contributed by atoms with van der Waals surface area (Å²) in [6, 6.07) is 20.5. The molecule has 0 spiro atoms. The Morgan fingerprint density at radius 3 is 2.57 bits per heavy atom. The highest BCUT2D eigenvalue weighted by Crippen LogP contribution is 2.26. The first-order chi connectivity index (χ1) is 10.3. The van der Waals surface area contributed by atoms with Crippen molar-refractivity contribution in [1.82, 2.24) is 0 Å². The molecule has 0 aliphatic rings. The lowest BCUT2D eigenvalue weighted by Crippen LogP contribution is -1.97. The van der Waals surface area contributed by atoms with Crippen LogP contribution in [0.4, 0.5) is 5.69 Å². The van der Waals surface area contributed by atoms with Gasteiger partial charge in [0, 0.05) is 17.1 Å². The molecule has 1 aromatic heterocycles. The molecule has 0 saturated heterocycles. The lowest BCUT2D eigenvalue weighted by Gasteiger charge is -2.06. The highest BCUT2D eigenvalue weighted by atomic mass is 32.1. The molecule has 1 heterocycles. The number of benzene rings is 2. The van der Waals surface area contributed by atoms with Crippen LogP contribution in [0.5, 0.6) is 0 Å². The summed E-state index contributed by atoms with van der Waals surface area (Å²) in [5, 5.41) is 14.7. The molecular formula is C18H17NOS. The molecule has 0 fully saturated rings. The van der Waals surface area contributed by atoms with Crippen molar-refractivity contribution in [2.45, 2.75) is 13.2 Å². The molecule has 21 heavy (non-hydrogen) atoms. The minimum Gasteiger partial charge on any atom is -0.392 e. The molecule has 3 heteroatoms. The molecule has 2 N–H and O–H groups in total. The lowest BCUT2D eigenvalue weighted by atomic mass is 10.1. The second kappa shape index (κ2) is 6.57. The summed E-state index contributed by atoms with van der Waals surface area (Å²) in [4.78, 5) is 1.29. The van der Waals surface area contributed by atoms with Crippen molar-refractivity contribution in [3.05, 3.63) is 76.5 Å². The molecule has 0 unspecified atom stereocenters. The van der Waals surface area contributed by atoms with Crippen molar-refractivity contribution in [3.63, 3.8) is 0 Å². The van der Waals surface area contributed by atoms with Crippen molar-refractivity contribution < 1.29 is 5.11 Å². The zero-order chi connectivity index (χ0) is 14.5. The van der Waals surface area contributed by atoms with Crippen LogP contribution < -0.4 is 5.32 Å². The smallest absolute Gasteiger partial charge is 0.0682 e. The second-order valence-electron chi connectivity index (χ2n) is 4.88. The number of nitrogens with one attached hydrogen (secondary N) is 1. The number of anilines is 1. The summed E-state index contributed by atoms with van der Waals surface area (Å²) in [6.45, 7) is 0.874. The monoisotopic (exact) mass is 295 g/mol. The normalized spacial score (nSPS) is 10.5. The van der Waals surface area contributed by atoms with Crippen LogP contribution >= 0.6 is 11.3 Å². The number of hydrogen-bond donors (Lipinski definition) is 2. The first-order valence-corrected chi connectivity index (χ1v) is 7.79. The number of rotatable bonds is 5. The fourth-order valence-corrected chi connectivity index (χ4v) is 3.06. The van der Waals surface area contributed by atoms with Crippen LogP contribution in [-0.4, -0.2) is 5.11 Å². The van der Waals surface area contributed by atoms with Gasteiger partial charge in [-0.3, -0.25) is 0 Å². The van der Waals surface area contributed by atoms with Crippen LogP contribution in [0.1, 0.15) is 10.4 Å². The third-order valence-corrected chi connectivity index (χ3v) is 4.27. The summed E-state index contributed by atoms with van der Waals surface area (Å²) in [5.74, 6) is 0. The molecule has 0 radical (unpaired) electrons. The molecule has 0 atom stereocenters. The van der Waals surface area contributed by atoms with E-state index in [1.807, 2.05) is 30.3 Å². The quantitative estimate of drug-likeness (QED) is 0.725. The van der Waals surface area contributed by atoms with Crippen LogP contribution in [0.3, 0.4) is 0 Å². The molecule has 2 aromatic carbocycles. The van der Waals surface area contributed by atoms with E-state index >= 15 is 0 Å². The molecule has 0 aliphatic carbocycles. The van der Waals surface area contributed by atoms with E-state index in [1.54, 1.807) is 11.3 Å². The third-order valence-electron chi connectivity index (χ3n) is 3.34. The Kier molecular flexibility index (Phi) is 4.34. The maximum atomic E-state index is 9.15. The van der Waals surface area contributed by atoms with E-state index in [9.17, 15) is 0 Å². The molecule has 2 nitrogen and oxygen atoms in total. The molecule has 0 amide bonds. The summed E-state index contributed by atoms with van der Waals surface area (Å²) in [5.41, 5.74) is 4.48. The van der Waals surface area contributed by atoms with Crippen LogP contribution in [0.25, 0.3) is 11.1 Å². The minimum absolute atomic E-state index is 0.0761. The van der Waals surface area contributed by atoms with Gasteiger partial charge in [0.1, 0.15) is 0 Å². The largest absolute Gasteiger partial charge is 0.392 e. The molecule has 3 rings (SSSR count). The van der Waals surface area contributed by atoms with Crippen LogP contribution in [0.2, 0.25) is 0 Å². The SMILES string of the molecule is OCc1cccc(NCc2cc(-c3ccccc3)cs2)c1. The Balaban J connectivity index is 1.67. The van der Waals surface area contributed by atoms with Gasteiger partial charge in [-0.05, 0) is 40.3 Å². The van der Waals surface area contributed by atoms with E-state index in [2.05, 4.69) is 41.0 Å². The van der Waals surface area contributed by atoms with Crippen molar-refractivity contribution in [2.24, 2.45) is 0 Å². The van der Waals surface area contributed by atoms with Crippen molar-refractivity contribution in [2.75, 3.05) is 5.32 Å². The van der Waals surface area contributed by atoms with E-state index in [1.165, 1.54) is 16.0 Å². The predicted molar refractivity (Wildman–Crippen MR) is 89.4 cm³/mol. The highest BCUT2D eigenvalue weighted by molar-refractivity contribution is 7.10. The van der Waals surface area contributed by atoms with Gasteiger partial charge in [-0.2, -0.15) is 0 Å². The van der Waals surface area contributed by atoms with Gasteiger partial charge in [-0.1, -0.05) is 42.5 Å². The number of aliphatic hydroxyl groups excluding tert-OH is 1. The van der Waals surface area contributed by atoms with Gasteiger partial charge in [0.25, 0.3) is 0 Å². The first-order valence-electron chi connectivity index (χ1n) is 6.91. The molecule has 0 bridgehead atoms. The second-order valence-corrected chi connectivity index (χ2v) is 5.88. The Labute approximate surface area is 128 Å². The van der Waals surface area contributed by atoms with E-state index in [0.717, 1.165) is 17.8 Å². The Morgan fingerprint density at radius 2 is 1.76 bits per heavy atom. The summed E-state index contributed by atoms with van der Waals surface area (Å²) in [7, 11) is 0. The number of thiophene rings is 1.